The lowest BCUT2D eigenvalue weighted by Gasteiger charge is -2.57. The van der Waals surface area contributed by atoms with Crippen LogP contribution >= 0.6 is 0 Å². The minimum Gasteiger partial charge on any atom is -0.394 e. The van der Waals surface area contributed by atoms with Crippen molar-refractivity contribution < 1.29 is 40.1 Å². The Labute approximate surface area is 188 Å². The molecule has 3 saturated heterocycles. The van der Waals surface area contributed by atoms with Crippen molar-refractivity contribution in [2.45, 2.75) is 100 Å². The molecule has 3 aliphatic heterocycles. The summed E-state index contributed by atoms with van der Waals surface area (Å²) in [6.45, 7) is 1.42. The van der Waals surface area contributed by atoms with Gasteiger partial charge in [0.05, 0.1) is 24.9 Å². The molecule has 0 aromatic rings. The summed E-state index contributed by atoms with van der Waals surface area (Å²) in [6, 6.07) is 0.132. The molecule has 0 spiro atoms. The Morgan fingerprint density at radius 2 is 1.59 bits per heavy atom. The number of hydrogen-bond acceptors (Lipinski definition) is 9. The van der Waals surface area contributed by atoms with Gasteiger partial charge in [-0.2, -0.15) is 0 Å². The molecule has 0 amide bonds. The Kier molecular flexibility index (Phi) is 6.84. The van der Waals surface area contributed by atoms with Crippen molar-refractivity contribution in [3.05, 3.63) is 0 Å². The minimum absolute atomic E-state index is 0.132. The van der Waals surface area contributed by atoms with Gasteiger partial charge in [-0.15, -0.1) is 0 Å². The maximum absolute atomic E-state index is 11.4. The third-order valence-corrected chi connectivity index (χ3v) is 9.09. The number of aliphatic hydroxyl groups excluding tert-OH is 6. The summed E-state index contributed by atoms with van der Waals surface area (Å²) in [5.74, 6) is 1.45. The molecule has 0 aromatic heterocycles. The van der Waals surface area contributed by atoms with Gasteiger partial charge >= 0.3 is 0 Å². The fourth-order valence-corrected chi connectivity index (χ4v) is 7.41. The van der Waals surface area contributed by atoms with Gasteiger partial charge in [0.15, 0.2) is 6.29 Å². The van der Waals surface area contributed by atoms with Crippen molar-refractivity contribution in [3.63, 3.8) is 0 Å². The van der Waals surface area contributed by atoms with Gasteiger partial charge < -0.3 is 40.1 Å². The molecule has 32 heavy (non-hydrogen) atoms. The predicted molar refractivity (Wildman–Crippen MR) is 112 cm³/mol. The van der Waals surface area contributed by atoms with Gasteiger partial charge in [-0.25, -0.2) is 0 Å². The maximum atomic E-state index is 11.4. The smallest absolute Gasteiger partial charge is 0.186 e. The van der Waals surface area contributed by atoms with E-state index >= 15 is 0 Å². The van der Waals surface area contributed by atoms with Gasteiger partial charge in [0.1, 0.15) is 24.4 Å². The lowest BCUT2D eigenvalue weighted by atomic mass is 9.62. The maximum Gasteiger partial charge on any atom is 0.186 e. The number of hydrogen-bond donors (Lipinski definition) is 6. The first-order chi connectivity index (χ1) is 15.4. The van der Waals surface area contributed by atoms with Gasteiger partial charge in [0, 0.05) is 12.6 Å². The first-order valence-corrected chi connectivity index (χ1v) is 12.4. The van der Waals surface area contributed by atoms with Gasteiger partial charge in [0.2, 0.25) is 0 Å². The van der Waals surface area contributed by atoms with Crippen molar-refractivity contribution in [3.8, 4) is 0 Å². The van der Waals surface area contributed by atoms with E-state index in [0.29, 0.717) is 11.8 Å². The minimum atomic E-state index is -1.44. The number of nitrogens with zero attached hydrogens (tertiary/aromatic N) is 1. The lowest BCUT2D eigenvalue weighted by Crippen LogP contribution is -2.65. The second-order valence-corrected chi connectivity index (χ2v) is 10.8. The van der Waals surface area contributed by atoms with Gasteiger partial charge in [-0.1, -0.05) is 0 Å². The monoisotopic (exact) mass is 457 g/mol. The van der Waals surface area contributed by atoms with Crippen LogP contribution in [-0.2, 0) is 9.47 Å². The molecule has 3 heterocycles. The zero-order chi connectivity index (χ0) is 22.6. The first kappa shape index (κ1) is 23.4. The Morgan fingerprint density at radius 3 is 2.38 bits per heavy atom. The second-order valence-electron chi connectivity index (χ2n) is 10.8. The molecule has 13 atom stereocenters. The SMILES string of the molecule is OC[C@H]1O[C@H](OC2CCC3C(C2)CN2CCC4CCC(O)CC4C2C3O)[C@H](O)[C@@H](O)[C@@H]1O. The van der Waals surface area contributed by atoms with Crippen LogP contribution in [0.5, 0.6) is 0 Å². The third kappa shape index (κ3) is 4.14. The van der Waals surface area contributed by atoms with Crippen molar-refractivity contribution in [2.24, 2.45) is 23.7 Å². The second kappa shape index (κ2) is 9.36. The molecule has 5 rings (SSSR count). The molecule has 0 bridgehead atoms. The predicted octanol–water partition coefficient (Wildman–Crippen LogP) is -1.19. The Hall–Kier alpha value is -0.360. The average molecular weight is 458 g/mol. The standard InChI is InChI=1S/C23H39NO8/c25-10-17-20(28)21(29)22(30)23(32-17)31-14-3-4-15-12(7-14)9-24-6-5-11-1-2-13(26)8-16(11)18(24)19(15)27/h11-23,25-30H,1-10H2/t11?,12?,13?,14?,15?,16?,17-,18?,19?,20-,21+,22-,23+/m1/s1. The fourth-order valence-electron chi connectivity index (χ4n) is 7.41. The molecule has 8 unspecified atom stereocenters. The van der Waals surface area contributed by atoms with E-state index in [1.54, 1.807) is 0 Å². The molecule has 2 aliphatic carbocycles. The van der Waals surface area contributed by atoms with Gasteiger partial charge in [-0.05, 0) is 75.2 Å². The lowest BCUT2D eigenvalue weighted by molar-refractivity contribution is -0.315. The largest absolute Gasteiger partial charge is 0.394 e. The molecule has 0 aromatic carbocycles. The molecular weight excluding hydrogens is 418 g/mol. The number of ether oxygens (including phenoxy) is 2. The van der Waals surface area contributed by atoms with E-state index in [-0.39, 0.29) is 30.1 Å². The van der Waals surface area contributed by atoms with E-state index < -0.39 is 43.4 Å². The van der Waals surface area contributed by atoms with Crippen molar-refractivity contribution >= 4 is 0 Å². The summed E-state index contributed by atoms with van der Waals surface area (Å²) in [5.41, 5.74) is 0. The van der Waals surface area contributed by atoms with Crippen LogP contribution < -0.4 is 0 Å². The highest BCUT2D eigenvalue weighted by Gasteiger charge is 2.53. The molecule has 5 aliphatic rings. The van der Waals surface area contributed by atoms with E-state index in [1.807, 2.05) is 0 Å². The summed E-state index contributed by atoms with van der Waals surface area (Å²) in [5, 5.41) is 61.3. The molecule has 9 heteroatoms. The molecule has 6 N–H and O–H groups in total. The summed E-state index contributed by atoms with van der Waals surface area (Å²) < 4.78 is 11.6. The van der Waals surface area contributed by atoms with Crippen molar-refractivity contribution in [1.82, 2.24) is 4.90 Å². The quantitative estimate of drug-likeness (QED) is 0.308. The Balaban J connectivity index is 1.23. The number of aliphatic hydroxyl groups is 6. The summed E-state index contributed by atoms with van der Waals surface area (Å²) in [7, 11) is 0. The number of piperidine rings is 2. The molecule has 184 valence electrons. The van der Waals surface area contributed by atoms with E-state index in [9.17, 15) is 30.6 Å². The number of fused-ring (bicyclic) bond motifs is 4. The van der Waals surface area contributed by atoms with Gasteiger partial charge in [-0.3, -0.25) is 4.90 Å². The van der Waals surface area contributed by atoms with E-state index in [4.69, 9.17) is 9.47 Å². The Morgan fingerprint density at radius 1 is 0.781 bits per heavy atom. The van der Waals surface area contributed by atoms with Crippen LogP contribution in [0.4, 0.5) is 0 Å². The highest BCUT2D eigenvalue weighted by Crippen LogP contribution is 2.48. The van der Waals surface area contributed by atoms with Crippen molar-refractivity contribution in [1.29, 1.82) is 0 Å². The van der Waals surface area contributed by atoms with Crippen molar-refractivity contribution in [2.75, 3.05) is 19.7 Å². The zero-order valence-corrected chi connectivity index (χ0v) is 18.5. The molecule has 5 fully saturated rings. The summed E-state index contributed by atoms with van der Waals surface area (Å²) >= 11 is 0. The molecule has 0 radical (unpaired) electrons. The average Bonchev–Trinajstić information content (AvgIpc) is 2.79. The third-order valence-electron chi connectivity index (χ3n) is 9.09. The fraction of sp³-hybridized carbons (Fsp3) is 1.00. The van der Waals surface area contributed by atoms with E-state index in [2.05, 4.69) is 4.90 Å². The summed E-state index contributed by atoms with van der Waals surface area (Å²) in [4.78, 5) is 2.43. The Bertz CT molecular complexity index is 651. The van der Waals surface area contributed by atoms with Crippen LogP contribution in [0.25, 0.3) is 0 Å². The highest BCUT2D eigenvalue weighted by atomic mass is 16.7. The van der Waals surface area contributed by atoms with Crippen LogP contribution in [0, 0.1) is 23.7 Å². The van der Waals surface area contributed by atoms with E-state index in [0.717, 1.165) is 58.0 Å². The number of rotatable bonds is 3. The van der Waals surface area contributed by atoms with Gasteiger partial charge in [0.25, 0.3) is 0 Å². The molecule has 9 nitrogen and oxygen atoms in total. The molecule has 2 saturated carbocycles. The van der Waals surface area contributed by atoms with Crippen LogP contribution in [-0.4, -0.2) is 110 Å². The van der Waals surface area contributed by atoms with Crippen LogP contribution in [0.15, 0.2) is 0 Å². The molecular formula is C23H39NO8. The van der Waals surface area contributed by atoms with E-state index in [1.165, 1.54) is 0 Å². The van der Waals surface area contributed by atoms with Crippen LogP contribution in [0.3, 0.4) is 0 Å². The first-order valence-electron chi connectivity index (χ1n) is 12.4. The summed E-state index contributed by atoms with van der Waals surface area (Å²) in [6.07, 6.45) is -0.991. The highest BCUT2D eigenvalue weighted by molar-refractivity contribution is 5.04. The topological polar surface area (TPSA) is 143 Å². The normalized spacial score (nSPS) is 54.4. The van der Waals surface area contributed by atoms with Crippen LogP contribution in [0.2, 0.25) is 0 Å². The zero-order valence-electron chi connectivity index (χ0n) is 18.5. The van der Waals surface area contributed by atoms with Crippen LogP contribution in [0.1, 0.15) is 44.9 Å².